The van der Waals surface area contributed by atoms with Crippen molar-refractivity contribution in [3.8, 4) is 0 Å². The molecule has 0 bridgehead atoms. The topological polar surface area (TPSA) is 42.2 Å². The molecule has 2 rings (SSSR count). The van der Waals surface area contributed by atoms with Crippen LogP contribution in [0.15, 0.2) is 18.3 Å². The van der Waals surface area contributed by atoms with Gasteiger partial charge < -0.3 is 5.32 Å². The Balaban J connectivity index is 1.98. The average molecular weight is 246 g/mol. The predicted octanol–water partition coefficient (Wildman–Crippen LogP) is 3.42. The van der Waals surface area contributed by atoms with E-state index < -0.39 is 0 Å². The second-order valence-electron chi connectivity index (χ2n) is 4.98. The maximum absolute atomic E-state index is 4.48. The summed E-state index contributed by atoms with van der Waals surface area (Å²) in [4.78, 5) is 4.48. The second-order valence-corrected chi connectivity index (χ2v) is 4.98. The molecule has 0 aliphatic carbocycles. The van der Waals surface area contributed by atoms with Crippen LogP contribution in [0.4, 0.5) is 5.95 Å². The normalized spacial score (nSPS) is 12.8. The van der Waals surface area contributed by atoms with E-state index in [-0.39, 0.29) is 0 Å². The number of hydrogen-bond acceptors (Lipinski definition) is 3. The first-order valence-corrected chi connectivity index (χ1v) is 6.78. The molecule has 2 aromatic rings. The number of aryl methyl sites for hydroxylation is 1. The fourth-order valence-electron chi connectivity index (χ4n) is 2.04. The summed E-state index contributed by atoms with van der Waals surface area (Å²) >= 11 is 0. The van der Waals surface area contributed by atoms with Crippen molar-refractivity contribution in [2.45, 2.75) is 52.5 Å². The molecule has 0 aliphatic rings. The van der Waals surface area contributed by atoms with Crippen LogP contribution < -0.4 is 5.32 Å². The van der Waals surface area contributed by atoms with Crippen molar-refractivity contribution in [1.29, 1.82) is 0 Å². The molecule has 4 nitrogen and oxygen atoms in total. The van der Waals surface area contributed by atoms with E-state index in [9.17, 15) is 0 Å². The largest absolute Gasteiger partial charge is 0.350 e. The van der Waals surface area contributed by atoms with Gasteiger partial charge in [-0.2, -0.15) is 4.98 Å². The molecule has 4 heteroatoms. The van der Waals surface area contributed by atoms with Gasteiger partial charge in [0.2, 0.25) is 5.95 Å². The summed E-state index contributed by atoms with van der Waals surface area (Å²) in [7, 11) is 0. The summed E-state index contributed by atoms with van der Waals surface area (Å²) in [5.74, 6) is 0.726. The van der Waals surface area contributed by atoms with Gasteiger partial charge in [0.15, 0.2) is 5.65 Å². The van der Waals surface area contributed by atoms with Crippen molar-refractivity contribution in [2.24, 2.45) is 0 Å². The molecule has 1 N–H and O–H groups in total. The molecule has 98 valence electrons. The standard InChI is InChI=1S/C14H22N4/c1-4-5-6-7-12(3)15-14-16-13-10-11(2)8-9-18(13)17-14/h8-10,12H,4-7H2,1-3H3,(H,15,17). The number of anilines is 1. The van der Waals surface area contributed by atoms with Gasteiger partial charge >= 0.3 is 0 Å². The lowest BCUT2D eigenvalue weighted by molar-refractivity contribution is 0.612. The minimum absolute atomic E-state index is 0.426. The van der Waals surface area contributed by atoms with Crippen LogP contribution in [0.5, 0.6) is 0 Å². The SMILES string of the molecule is CCCCCC(C)Nc1nc2cc(C)ccn2n1. The van der Waals surface area contributed by atoms with E-state index in [1.807, 2.05) is 22.8 Å². The molecule has 0 spiro atoms. The quantitative estimate of drug-likeness (QED) is 0.794. The predicted molar refractivity (Wildman–Crippen MR) is 75.0 cm³/mol. The van der Waals surface area contributed by atoms with Crippen molar-refractivity contribution in [1.82, 2.24) is 14.6 Å². The van der Waals surface area contributed by atoms with Gasteiger partial charge in [0.1, 0.15) is 0 Å². The third kappa shape index (κ3) is 3.22. The van der Waals surface area contributed by atoms with Crippen LogP contribution in [0, 0.1) is 6.92 Å². The summed E-state index contributed by atoms with van der Waals surface area (Å²) < 4.78 is 1.81. The van der Waals surface area contributed by atoms with Crippen molar-refractivity contribution in [3.63, 3.8) is 0 Å². The monoisotopic (exact) mass is 246 g/mol. The number of nitrogens with zero attached hydrogens (tertiary/aromatic N) is 3. The first-order valence-electron chi connectivity index (χ1n) is 6.78. The number of hydrogen-bond donors (Lipinski definition) is 1. The molecule has 18 heavy (non-hydrogen) atoms. The number of aromatic nitrogens is 3. The van der Waals surface area contributed by atoms with E-state index in [0.717, 1.165) is 11.6 Å². The second kappa shape index (κ2) is 5.85. The van der Waals surface area contributed by atoms with Gasteiger partial charge in [-0.1, -0.05) is 26.2 Å². The molecule has 1 unspecified atom stereocenters. The van der Waals surface area contributed by atoms with Crippen molar-refractivity contribution >= 4 is 11.6 Å². The van der Waals surface area contributed by atoms with Gasteiger partial charge in [0.05, 0.1) is 0 Å². The molecule has 0 fully saturated rings. The highest BCUT2D eigenvalue weighted by Crippen LogP contribution is 2.11. The Morgan fingerprint density at radius 3 is 3.00 bits per heavy atom. The van der Waals surface area contributed by atoms with Crippen molar-refractivity contribution in [2.75, 3.05) is 5.32 Å². The summed E-state index contributed by atoms with van der Waals surface area (Å²) in [6.07, 6.45) is 6.94. The summed E-state index contributed by atoms with van der Waals surface area (Å²) in [5.41, 5.74) is 2.11. The average Bonchev–Trinajstić information content (AvgIpc) is 2.70. The van der Waals surface area contributed by atoms with E-state index in [0.29, 0.717) is 6.04 Å². The molecule has 1 atom stereocenters. The summed E-state index contributed by atoms with van der Waals surface area (Å²) in [6, 6.07) is 4.51. The lowest BCUT2D eigenvalue weighted by atomic mass is 10.1. The highest BCUT2D eigenvalue weighted by Gasteiger charge is 2.07. The van der Waals surface area contributed by atoms with Gasteiger partial charge in [-0.25, -0.2) is 4.52 Å². The molecular weight excluding hydrogens is 224 g/mol. The van der Waals surface area contributed by atoms with E-state index in [2.05, 4.69) is 36.2 Å². The molecule has 2 aromatic heterocycles. The number of unbranched alkanes of at least 4 members (excludes halogenated alkanes) is 2. The zero-order chi connectivity index (χ0) is 13.0. The fourth-order valence-corrected chi connectivity index (χ4v) is 2.04. The lowest BCUT2D eigenvalue weighted by Gasteiger charge is -2.11. The van der Waals surface area contributed by atoms with Gasteiger partial charge in [-0.3, -0.25) is 0 Å². The van der Waals surface area contributed by atoms with Crippen molar-refractivity contribution < 1.29 is 0 Å². The van der Waals surface area contributed by atoms with Crippen LogP contribution in [0.3, 0.4) is 0 Å². The van der Waals surface area contributed by atoms with Crippen LogP contribution in [-0.2, 0) is 0 Å². The molecule has 0 saturated heterocycles. The van der Waals surface area contributed by atoms with E-state index in [4.69, 9.17) is 0 Å². The first kappa shape index (κ1) is 12.9. The highest BCUT2D eigenvalue weighted by atomic mass is 15.3. The number of rotatable bonds is 6. The van der Waals surface area contributed by atoms with Crippen LogP contribution in [0.25, 0.3) is 5.65 Å². The Labute approximate surface area is 108 Å². The van der Waals surface area contributed by atoms with E-state index >= 15 is 0 Å². The minimum Gasteiger partial charge on any atom is -0.350 e. The Kier molecular flexibility index (Phi) is 4.18. The smallest absolute Gasteiger partial charge is 0.243 e. The Morgan fingerprint density at radius 1 is 1.39 bits per heavy atom. The van der Waals surface area contributed by atoms with Crippen LogP contribution in [0.2, 0.25) is 0 Å². The van der Waals surface area contributed by atoms with Crippen LogP contribution in [-0.4, -0.2) is 20.6 Å². The van der Waals surface area contributed by atoms with Crippen LogP contribution >= 0.6 is 0 Å². The minimum atomic E-state index is 0.426. The van der Waals surface area contributed by atoms with Crippen LogP contribution in [0.1, 0.15) is 45.1 Å². The Hall–Kier alpha value is -1.58. The third-order valence-electron chi connectivity index (χ3n) is 3.11. The van der Waals surface area contributed by atoms with Gasteiger partial charge in [-0.05, 0) is 38.0 Å². The highest BCUT2D eigenvalue weighted by molar-refractivity contribution is 5.45. The Morgan fingerprint density at radius 2 is 2.22 bits per heavy atom. The maximum atomic E-state index is 4.48. The fraction of sp³-hybridized carbons (Fsp3) is 0.571. The molecule has 0 aromatic carbocycles. The van der Waals surface area contributed by atoms with Crippen molar-refractivity contribution in [3.05, 3.63) is 23.9 Å². The zero-order valence-electron chi connectivity index (χ0n) is 11.5. The molecule has 2 heterocycles. The van der Waals surface area contributed by atoms with Gasteiger partial charge in [0, 0.05) is 12.2 Å². The molecule has 0 aliphatic heterocycles. The summed E-state index contributed by atoms with van der Waals surface area (Å²) in [6.45, 7) is 6.48. The summed E-state index contributed by atoms with van der Waals surface area (Å²) in [5, 5.41) is 7.78. The number of pyridine rings is 1. The van der Waals surface area contributed by atoms with Gasteiger partial charge in [0.25, 0.3) is 0 Å². The van der Waals surface area contributed by atoms with E-state index in [1.165, 1.54) is 31.2 Å². The Bertz CT molecular complexity index is 503. The van der Waals surface area contributed by atoms with E-state index in [1.54, 1.807) is 0 Å². The molecule has 0 amide bonds. The third-order valence-corrected chi connectivity index (χ3v) is 3.11. The maximum Gasteiger partial charge on any atom is 0.243 e. The zero-order valence-corrected chi connectivity index (χ0v) is 11.5. The first-order chi connectivity index (χ1) is 8.69. The lowest BCUT2D eigenvalue weighted by Crippen LogP contribution is -2.15. The number of nitrogens with one attached hydrogen (secondary N) is 1. The molecular formula is C14H22N4. The number of fused-ring (bicyclic) bond motifs is 1. The molecule has 0 radical (unpaired) electrons. The molecule has 0 saturated carbocycles. The van der Waals surface area contributed by atoms with Gasteiger partial charge in [-0.15, -0.1) is 5.10 Å².